The van der Waals surface area contributed by atoms with Gasteiger partial charge >= 0.3 is 0 Å². The predicted molar refractivity (Wildman–Crippen MR) is 76.9 cm³/mol. The highest BCUT2D eigenvalue weighted by molar-refractivity contribution is 6.30. The van der Waals surface area contributed by atoms with Crippen molar-refractivity contribution in [1.29, 1.82) is 0 Å². The van der Waals surface area contributed by atoms with E-state index >= 15 is 0 Å². The minimum atomic E-state index is -0.635. The molecule has 0 bridgehead atoms. The average molecular weight is 324 g/mol. The highest BCUT2D eigenvalue weighted by Gasteiger charge is 2.47. The lowest BCUT2D eigenvalue weighted by Gasteiger charge is -2.16. The van der Waals surface area contributed by atoms with Gasteiger partial charge in [0.15, 0.2) is 0 Å². The Morgan fingerprint density at radius 2 is 2.14 bits per heavy atom. The number of carbonyl (C=O) groups is 1. The van der Waals surface area contributed by atoms with E-state index in [1.807, 2.05) is 0 Å². The third kappa shape index (κ3) is 2.26. The number of aliphatic hydroxyl groups is 1. The predicted octanol–water partition coefficient (Wildman–Crippen LogP) is 0.245. The summed E-state index contributed by atoms with van der Waals surface area (Å²) in [5.74, 6) is -0.306. The van der Waals surface area contributed by atoms with Crippen molar-refractivity contribution < 1.29 is 19.4 Å². The van der Waals surface area contributed by atoms with Crippen LogP contribution in [0.1, 0.15) is 10.5 Å². The maximum absolute atomic E-state index is 12.3. The summed E-state index contributed by atoms with van der Waals surface area (Å²) in [7, 11) is 0. The lowest BCUT2D eigenvalue weighted by atomic mass is 10.1. The second-order valence-electron chi connectivity index (χ2n) is 5.48. The maximum atomic E-state index is 12.3. The van der Waals surface area contributed by atoms with Crippen molar-refractivity contribution >= 4 is 23.2 Å². The number of amides is 1. The molecule has 2 aromatic heterocycles. The van der Waals surface area contributed by atoms with Crippen LogP contribution in [0.3, 0.4) is 0 Å². The Balaban J connectivity index is 1.51. The molecule has 4 rings (SSSR count). The molecule has 22 heavy (non-hydrogen) atoms. The van der Waals surface area contributed by atoms with Crippen LogP contribution in [0.15, 0.2) is 24.5 Å². The van der Waals surface area contributed by atoms with Gasteiger partial charge < -0.3 is 24.3 Å². The zero-order chi connectivity index (χ0) is 15.3. The molecule has 4 heterocycles. The van der Waals surface area contributed by atoms with Crippen LogP contribution < -0.4 is 5.32 Å². The standard InChI is InChI=1S/C14H14ClN3O4/c15-7-1-2-11-16-8(4-18(11)3-7)14(20)17-9-5-21-13-10(19)6-22-12(9)13/h1-4,9-10,12-13,19H,5-6H2,(H,17,20)/t9-,10-,12+,13+/m0/s1. The molecular weight excluding hydrogens is 310 g/mol. The van der Waals surface area contributed by atoms with E-state index in [-0.39, 0.29) is 30.8 Å². The Labute approximate surface area is 130 Å². The summed E-state index contributed by atoms with van der Waals surface area (Å²) in [4.78, 5) is 16.6. The summed E-state index contributed by atoms with van der Waals surface area (Å²) < 4.78 is 12.7. The Morgan fingerprint density at radius 1 is 1.32 bits per heavy atom. The summed E-state index contributed by atoms with van der Waals surface area (Å²) in [5, 5.41) is 13.1. The molecule has 0 aliphatic carbocycles. The first kappa shape index (κ1) is 14.0. The molecule has 0 spiro atoms. The molecule has 8 heteroatoms. The van der Waals surface area contributed by atoms with Crippen molar-refractivity contribution in [3.63, 3.8) is 0 Å². The smallest absolute Gasteiger partial charge is 0.271 e. The first-order valence-electron chi connectivity index (χ1n) is 6.98. The second-order valence-corrected chi connectivity index (χ2v) is 5.92. The molecular formula is C14H14ClN3O4. The van der Waals surface area contributed by atoms with Crippen LogP contribution in [0.5, 0.6) is 0 Å². The second kappa shape index (κ2) is 5.20. The molecule has 4 atom stereocenters. The summed E-state index contributed by atoms with van der Waals surface area (Å²) in [6.07, 6.45) is 1.99. The van der Waals surface area contributed by atoms with Gasteiger partial charge in [-0.05, 0) is 12.1 Å². The number of nitrogens with zero attached hydrogens (tertiary/aromatic N) is 2. The quantitative estimate of drug-likeness (QED) is 0.827. The number of imidazole rings is 1. The Hall–Kier alpha value is -1.67. The van der Waals surface area contributed by atoms with E-state index in [0.29, 0.717) is 23.0 Å². The molecule has 116 valence electrons. The number of carbonyl (C=O) groups excluding carboxylic acids is 1. The van der Waals surface area contributed by atoms with Crippen LogP contribution in [0.25, 0.3) is 5.65 Å². The van der Waals surface area contributed by atoms with E-state index in [1.54, 1.807) is 28.9 Å². The number of aromatic nitrogens is 2. The van der Waals surface area contributed by atoms with Crippen molar-refractivity contribution in [3.05, 3.63) is 35.2 Å². The van der Waals surface area contributed by atoms with Crippen LogP contribution in [0.4, 0.5) is 0 Å². The molecule has 2 saturated heterocycles. The summed E-state index contributed by atoms with van der Waals surface area (Å²) >= 11 is 5.91. The highest BCUT2D eigenvalue weighted by atomic mass is 35.5. The van der Waals surface area contributed by atoms with E-state index in [1.165, 1.54) is 0 Å². The maximum Gasteiger partial charge on any atom is 0.271 e. The van der Waals surface area contributed by atoms with Crippen LogP contribution in [-0.4, -0.2) is 58.0 Å². The number of pyridine rings is 1. The summed E-state index contributed by atoms with van der Waals surface area (Å²) in [6.45, 7) is 0.548. The van der Waals surface area contributed by atoms with Crippen LogP contribution in [0, 0.1) is 0 Å². The average Bonchev–Trinajstić information content (AvgIpc) is 3.16. The van der Waals surface area contributed by atoms with Gasteiger partial charge in [0.2, 0.25) is 0 Å². The SMILES string of the molecule is O=C(N[C@H]1CO[C@H]2[C@@H]1OC[C@@H]2O)c1cn2cc(Cl)ccc2n1. The lowest BCUT2D eigenvalue weighted by molar-refractivity contribution is 0.0178. The van der Waals surface area contributed by atoms with Gasteiger partial charge in [-0.2, -0.15) is 0 Å². The minimum absolute atomic E-state index is 0.231. The zero-order valence-corrected chi connectivity index (χ0v) is 12.2. The number of aliphatic hydroxyl groups excluding tert-OH is 1. The van der Waals surface area contributed by atoms with Crippen molar-refractivity contribution in [2.75, 3.05) is 13.2 Å². The number of hydrogen-bond donors (Lipinski definition) is 2. The van der Waals surface area contributed by atoms with Crippen molar-refractivity contribution in [2.24, 2.45) is 0 Å². The molecule has 2 aliphatic heterocycles. The van der Waals surface area contributed by atoms with E-state index in [4.69, 9.17) is 21.1 Å². The highest BCUT2D eigenvalue weighted by Crippen LogP contribution is 2.27. The number of rotatable bonds is 2. The third-order valence-corrected chi connectivity index (χ3v) is 4.21. The minimum Gasteiger partial charge on any atom is -0.388 e. The number of fused-ring (bicyclic) bond motifs is 2. The molecule has 0 radical (unpaired) electrons. The van der Waals surface area contributed by atoms with Crippen LogP contribution in [0.2, 0.25) is 5.02 Å². The van der Waals surface area contributed by atoms with Crippen LogP contribution in [-0.2, 0) is 9.47 Å². The topological polar surface area (TPSA) is 85.1 Å². The molecule has 1 amide bonds. The van der Waals surface area contributed by atoms with Gasteiger partial charge in [0, 0.05) is 12.4 Å². The van der Waals surface area contributed by atoms with Crippen molar-refractivity contribution in [3.8, 4) is 0 Å². The largest absolute Gasteiger partial charge is 0.388 e. The first-order chi connectivity index (χ1) is 10.6. The van der Waals surface area contributed by atoms with Gasteiger partial charge in [0.25, 0.3) is 5.91 Å². The number of halogens is 1. The fraction of sp³-hybridized carbons (Fsp3) is 0.429. The Kier molecular flexibility index (Phi) is 3.30. The summed E-state index contributed by atoms with van der Waals surface area (Å²) in [5.41, 5.74) is 0.937. The molecule has 2 aromatic rings. The molecule has 2 aliphatic rings. The summed E-state index contributed by atoms with van der Waals surface area (Å²) in [6, 6.07) is 3.17. The van der Waals surface area contributed by atoms with Crippen molar-refractivity contribution in [2.45, 2.75) is 24.4 Å². The Morgan fingerprint density at radius 3 is 3.00 bits per heavy atom. The number of nitrogens with one attached hydrogen (secondary N) is 1. The van der Waals surface area contributed by atoms with Gasteiger partial charge in [-0.25, -0.2) is 4.98 Å². The first-order valence-corrected chi connectivity index (χ1v) is 7.36. The number of hydrogen-bond acceptors (Lipinski definition) is 5. The number of ether oxygens (including phenoxy) is 2. The molecule has 2 N–H and O–H groups in total. The van der Waals surface area contributed by atoms with E-state index in [2.05, 4.69) is 10.3 Å². The van der Waals surface area contributed by atoms with E-state index in [9.17, 15) is 9.90 Å². The monoisotopic (exact) mass is 323 g/mol. The zero-order valence-electron chi connectivity index (χ0n) is 11.5. The Bertz CT molecular complexity index is 734. The van der Waals surface area contributed by atoms with Gasteiger partial charge in [0.05, 0.1) is 24.3 Å². The normalized spacial score (nSPS) is 30.6. The van der Waals surface area contributed by atoms with Gasteiger partial charge in [-0.1, -0.05) is 11.6 Å². The molecule has 0 aromatic carbocycles. The van der Waals surface area contributed by atoms with E-state index < -0.39 is 6.10 Å². The van der Waals surface area contributed by atoms with Gasteiger partial charge in [-0.3, -0.25) is 4.79 Å². The molecule has 2 fully saturated rings. The fourth-order valence-electron chi connectivity index (χ4n) is 2.92. The molecule has 0 unspecified atom stereocenters. The lowest BCUT2D eigenvalue weighted by Crippen LogP contribution is -2.44. The van der Waals surface area contributed by atoms with E-state index in [0.717, 1.165) is 0 Å². The molecule has 0 saturated carbocycles. The third-order valence-electron chi connectivity index (χ3n) is 3.99. The van der Waals surface area contributed by atoms with Crippen LogP contribution >= 0.6 is 11.6 Å². The van der Waals surface area contributed by atoms with Crippen molar-refractivity contribution in [1.82, 2.24) is 14.7 Å². The fourth-order valence-corrected chi connectivity index (χ4v) is 3.09. The van der Waals surface area contributed by atoms with Gasteiger partial charge in [-0.15, -0.1) is 0 Å². The van der Waals surface area contributed by atoms with Gasteiger partial charge in [0.1, 0.15) is 29.7 Å². The molecule has 7 nitrogen and oxygen atoms in total.